The van der Waals surface area contributed by atoms with Gasteiger partial charge < -0.3 is 19.7 Å². The van der Waals surface area contributed by atoms with Gasteiger partial charge in [0.1, 0.15) is 0 Å². The predicted molar refractivity (Wildman–Crippen MR) is 63.5 cm³/mol. The molecule has 0 amide bonds. The van der Waals surface area contributed by atoms with Gasteiger partial charge in [0.05, 0.1) is 32.5 Å². The van der Waals surface area contributed by atoms with Crippen molar-refractivity contribution in [3.05, 3.63) is 12.2 Å². The van der Waals surface area contributed by atoms with Crippen molar-refractivity contribution < 1.29 is 24.5 Å². The van der Waals surface area contributed by atoms with Crippen molar-refractivity contribution in [1.29, 1.82) is 0 Å². The summed E-state index contributed by atoms with van der Waals surface area (Å²) in [7, 11) is 0. The molecule has 0 spiro atoms. The topological polar surface area (TPSA) is 76.0 Å². The van der Waals surface area contributed by atoms with E-state index < -0.39 is 12.1 Å². The molecule has 0 aliphatic rings. The predicted octanol–water partition coefficient (Wildman–Crippen LogP) is 0.646. The largest absolute Gasteiger partial charge is 0.462 e. The second kappa shape index (κ2) is 10.3. The average molecular weight is 246 g/mol. The molecule has 17 heavy (non-hydrogen) atoms. The molecule has 0 saturated heterocycles. The van der Waals surface area contributed by atoms with Crippen LogP contribution in [0.1, 0.15) is 26.2 Å². The molecular formula is C12H22O5. The summed E-state index contributed by atoms with van der Waals surface area (Å²) < 4.78 is 10.1. The summed E-state index contributed by atoms with van der Waals surface area (Å²) in [6.07, 6.45) is 1.47. The van der Waals surface area contributed by atoms with Crippen LogP contribution >= 0.6 is 0 Å². The Bertz CT molecular complexity index is 227. The highest BCUT2D eigenvalue weighted by atomic mass is 16.5. The zero-order valence-corrected chi connectivity index (χ0v) is 10.4. The number of unbranched alkanes of at least 4 members (excludes halogenated alkanes) is 1. The zero-order chi connectivity index (χ0) is 13.1. The molecule has 0 aromatic carbocycles. The van der Waals surface area contributed by atoms with Crippen LogP contribution in [-0.4, -0.2) is 48.7 Å². The van der Waals surface area contributed by atoms with E-state index in [1.807, 2.05) is 6.92 Å². The van der Waals surface area contributed by atoms with Crippen LogP contribution in [0.25, 0.3) is 0 Å². The molecule has 0 aromatic rings. The fourth-order valence-electron chi connectivity index (χ4n) is 1.16. The van der Waals surface area contributed by atoms with Gasteiger partial charge in [-0.3, -0.25) is 0 Å². The lowest BCUT2D eigenvalue weighted by molar-refractivity contribution is -0.139. The third kappa shape index (κ3) is 7.90. The summed E-state index contributed by atoms with van der Waals surface area (Å²) >= 11 is 0. The Hall–Kier alpha value is -0.910. The first-order chi connectivity index (χ1) is 8.15. The Balaban J connectivity index is 3.90. The summed E-state index contributed by atoms with van der Waals surface area (Å²) in [5, 5.41) is 17.6. The number of hydrogen-bond acceptors (Lipinski definition) is 5. The Kier molecular flexibility index (Phi) is 9.71. The molecule has 100 valence electrons. The van der Waals surface area contributed by atoms with Gasteiger partial charge >= 0.3 is 5.97 Å². The molecule has 0 fully saturated rings. The molecule has 0 bridgehead atoms. The number of carbonyl (C=O) groups excluding carboxylic acids is 1. The first-order valence-corrected chi connectivity index (χ1v) is 5.83. The maximum absolute atomic E-state index is 11.4. The summed E-state index contributed by atoms with van der Waals surface area (Å²) in [5.74, 6) is -0.454. The van der Waals surface area contributed by atoms with Crippen LogP contribution in [-0.2, 0) is 14.3 Å². The molecule has 0 rings (SSSR count). The van der Waals surface area contributed by atoms with Gasteiger partial charge in [0.2, 0.25) is 0 Å². The lowest BCUT2D eigenvalue weighted by Crippen LogP contribution is -2.22. The van der Waals surface area contributed by atoms with Crippen molar-refractivity contribution in [3.63, 3.8) is 0 Å². The standard InChI is InChI=1S/C12H22O5/c1-3-4-6-17-12(15)10(2)8-11(9-14)16-7-5-13/h11,13-14H,2-9H2,1H3. The zero-order valence-electron chi connectivity index (χ0n) is 10.4. The summed E-state index contributed by atoms with van der Waals surface area (Å²) in [6.45, 7) is 5.78. The fourth-order valence-corrected chi connectivity index (χ4v) is 1.16. The van der Waals surface area contributed by atoms with E-state index >= 15 is 0 Å². The van der Waals surface area contributed by atoms with Crippen LogP contribution in [0.2, 0.25) is 0 Å². The van der Waals surface area contributed by atoms with E-state index in [0.717, 1.165) is 12.8 Å². The van der Waals surface area contributed by atoms with Gasteiger partial charge in [-0.1, -0.05) is 19.9 Å². The molecule has 0 aromatic heterocycles. The lowest BCUT2D eigenvalue weighted by Gasteiger charge is -2.15. The molecule has 2 N–H and O–H groups in total. The Morgan fingerprint density at radius 3 is 2.59 bits per heavy atom. The van der Waals surface area contributed by atoms with Crippen LogP contribution in [0, 0.1) is 0 Å². The number of ether oxygens (including phenoxy) is 2. The highest BCUT2D eigenvalue weighted by Gasteiger charge is 2.15. The first kappa shape index (κ1) is 16.1. The Morgan fingerprint density at radius 2 is 2.06 bits per heavy atom. The molecule has 0 aliphatic carbocycles. The number of aliphatic hydroxyl groups is 2. The van der Waals surface area contributed by atoms with E-state index in [9.17, 15) is 4.79 Å². The van der Waals surface area contributed by atoms with Crippen LogP contribution in [0.4, 0.5) is 0 Å². The molecule has 0 saturated carbocycles. The Morgan fingerprint density at radius 1 is 1.35 bits per heavy atom. The maximum Gasteiger partial charge on any atom is 0.333 e. The average Bonchev–Trinajstić information content (AvgIpc) is 2.34. The van der Waals surface area contributed by atoms with Crippen molar-refractivity contribution in [2.24, 2.45) is 0 Å². The lowest BCUT2D eigenvalue weighted by atomic mass is 10.1. The van der Waals surface area contributed by atoms with Crippen LogP contribution < -0.4 is 0 Å². The van der Waals surface area contributed by atoms with Crippen molar-refractivity contribution in [2.45, 2.75) is 32.3 Å². The fraction of sp³-hybridized carbons (Fsp3) is 0.750. The highest BCUT2D eigenvalue weighted by Crippen LogP contribution is 2.09. The molecule has 5 nitrogen and oxygen atoms in total. The Labute approximate surface area is 102 Å². The number of aliphatic hydroxyl groups excluding tert-OH is 2. The normalized spacial score (nSPS) is 12.2. The number of carbonyl (C=O) groups is 1. The number of hydrogen-bond donors (Lipinski definition) is 2. The van der Waals surface area contributed by atoms with Crippen molar-refractivity contribution >= 4 is 5.97 Å². The third-order valence-corrected chi connectivity index (χ3v) is 2.14. The number of esters is 1. The van der Waals surface area contributed by atoms with Crippen molar-refractivity contribution in [2.75, 3.05) is 26.4 Å². The quantitative estimate of drug-likeness (QED) is 0.336. The summed E-state index contributed by atoms with van der Waals surface area (Å²) in [6, 6.07) is 0. The molecule has 0 heterocycles. The van der Waals surface area contributed by atoms with E-state index in [2.05, 4.69) is 6.58 Å². The van der Waals surface area contributed by atoms with Gasteiger partial charge in [-0.2, -0.15) is 0 Å². The highest BCUT2D eigenvalue weighted by molar-refractivity contribution is 5.87. The molecule has 0 radical (unpaired) electrons. The van der Waals surface area contributed by atoms with Gasteiger partial charge in [-0.15, -0.1) is 0 Å². The van der Waals surface area contributed by atoms with Gasteiger partial charge in [0.25, 0.3) is 0 Å². The van der Waals surface area contributed by atoms with Crippen molar-refractivity contribution in [1.82, 2.24) is 0 Å². The molecule has 0 aliphatic heterocycles. The minimum absolute atomic E-state index is 0.121. The van der Waals surface area contributed by atoms with Gasteiger partial charge in [0, 0.05) is 12.0 Å². The van der Waals surface area contributed by atoms with E-state index in [1.54, 1.807) is 0 Å². The van der Waals surface area contributed by atoms with Crippen molar-refractivity contribution in [3.8, 4) is 0 Å². The van der Waals surface area contributed by atoms with E-state index in [4.69, 9.17) is 19.7 Å². The molecule has 1 atom stereocenters. The first-order valence-electron chi connectivity index (χ1n) is 5.83. The number of rotatable bonds is 10. The second-order valence-electron chi connectivity index (χ2n) is 3.70. The van der Waals surface area contributed by atoms with Gasteiger partial charge in [-0.25, -0.2) is 4.79 Å². The molecule has 1 unspecified atom stereocenters. The third-order valence-electron chi connectivity index (χ3n) is 2.14. The van der Waals surface area contributed by atoms with Gasteiger partial charge in [-0.05, 0) is 6.42 Å². The van der Waals surface area contributed by atoms with Crippen LogP contribution in [0.3, 0.4) is 0 Å². The van der Waals surface area contributed by atoms with Gasteiger partial charge in [0.15, 0.2) is 0 Å². The van der Waals surface area contributed by atoms with E-state index in [-0.39, 0.29) is 31.8 Å². The second-order valence-corrected chi connectivity index (χ2v) is 3.70. The molecule has 5 heteroatoms. The maximum atomic E-state index is 11.4. The van der Waals surface area contributed by atoms with Crippen LogP contribution in [0.5, 0.6) is 0 Å². The summed E-state index contributed by atoms with van der Waals surface area (Å²) in [4.78, 5) is 11.4. The van der Waals surface area contributed by atoms with Crippen LogP contribution in [0.15, 0.2) is 12.2 Å². The molecular weight excluding hydrogens is 224 g/mol. The monoisotopic (exact) mass is 246 g/mol. The minimum Gasteiger partial charge on any atom is -0.462 e. The van der Waals surface area contributed by atoms with E-state index in [1.165, 1.54) is 0 Å². The summed E-state index contributed by atoms with van der Waals surface area (Å²) in [5.41, 5.74) is 0.276. The van der Waals surface area contributed by atoms with E-state index in [0.29, 0.717) is 6.61 Å². The SMILES string of the molecule is C=C(CC(CO)OCCO)C(=O)OCCCC. The smallest absolute Gasteiger partial charge is 0.333 e. The minimum atomic E-state index is -0.520.